The van der Waals surface area contributed by atoms with Crippen molar-refractivity contribution in [3.05, 3.63) is 152 Å². The topological polar surface area (TPSA) is 48.5 Å². The highest BCUT2D eigenvalue weighted by Gasteiger charge is 2.18. The van der Waals surface area contributed by atoms with Gasteiger partial charge in [-0.25, -0.2) is 4.98 Å². The van der Waals surface area contributed by atoms with Gasteiger partial charge in [-0.3, -0.25) is 4.57 Å². The molecule has 0 fully saturated rings. The van der Waals surface area contributed by atoms with E-state index in [2.05, 4.69) is 100 Å². The van der Waals surface area contributed by atoms with Crippen molar-refractivity contribution in [3.63, 3.8) is 0 Å². The van der Waals surface area contributed by atoms with Gasteiger partial charge in [-0.15, -0.1) is 0 Å². The van der Waals surface area contributed by atoms with Crippen molar-refractivity contribution in [1.82, 2.24) is 24.1 Å². The lowest BCUT2D eigenvalue weighted by Gasteiger charge is -2.11. The first-order valence-corrected chi connectivity index (χ1v) is 14.7. The van der Waals surface area contributed by atoms with E-state index >= 15 is 0 Å². The molecule has 0 aliphatic carbocycles. The Balaban J connectivity index is 1.32. The van der Waals surface area contributed by atoms with E-state index in [4.69, 9.17) is 15.0 Å². The molecule has 5 nitrogen and oxygen atoms in total. The van der Waals surface area contributed by atoms with Crippen molar-refractivity contribution in [1.29, 1.82) is 0 Å². The first kappa shape index (κ1) is 24.5. The molecule has 0 saturated carbocycles. The Morgan fingerprint density at radius 2 is 1.00 bits per heavy atom. The Hall–Kier alpha value is -6.07. The van der Waals surface area contributed by atoms with Crippen LogP contribution in [0.25, 0.3) is 77.9 Å². The molecule has 5 heteroatoms. The van der Waals surface area contributed by atoms with Crippen molar-refractivity contribution < 1.29 is 0 Å². The second-order valence-electron chi connectivity index (χ2n) is 11.0. The lowest BCUT2D eigenvalue weighted by molar-refractivity contribution is 0.954. The van der Waals surface area contributed by atoms with Crippen molar-refractivity contribution >= 4 is 43.5 Å². The van der Waals surface area contributed by atoms with Crippen molar-refractivity contribution in [2.75, 3.05) is 0 Å². The van der Waals surface area contributed by atoms with Crippen LogP contribution in [0.5, 0.6) is 0 Å². The number of fused-ring (bicyclic) bond motifs is 5. The maximum atomic E-state index is 5.08. The summed E-state index contributed by atoms with van der Waals surface area (Å²) in [5.74, 6) is 1.88. The summed E-state index contributed by atoms with van der Waals surface area (Å²) in [4.78, 5) is 15.1. The van der Waals surface area contributed by atoms with Crippen LogP contribution in [0.2, 0.25) is 0 Å². The SMILES string of the molecule is c1ccc(-c2nc(-c3ccccc3)nc(-n3c4ccccc4c4cc5cc6c(ccn6-c6ccccc6)cc5cc43)n2)cc1. The van der Waals surface area contributed by atoms with Gasteiger partial charge in [0, 0.05) is 39.2 Å². The fourth-order valence-electron chi connectivity index (χ4n) is 6.27. The standard InChI is InChI=1S/C39H25N5/c1-4-12-26(13-5-1)37-40-38(27-14-6-2-7-15-27)42-39(41-37)44-34-19-11-10-18-32(34)33-23-30-24-35-28(22-29(30)25-36(33)44)20-21-43(35)31-16-8-3-9-17-31/h1-25H. The Labute approximate surface area is 253 Å². The summed E-state index contributed by atoms with van der Waals surface area (Å²) >= 11 is 0. The number of aromatic nitrogens is 5. The van der Waals surface area contributed by atoms with Gasteiger partial charge in [-0.1, -0.05) is 97.1 Å². The number of benzene rings is 6. The molecule has 44 heavy (non-hydrogen) atoms. The third-order valence-electron chi connectivity index (χ3n) is 8.36. The van der Waals surface area contributed by atoms with E-state index in [1.54, 1.807) is 0 Å². The average molecular weight is 564 g/mol. The molecule has 0 bridgehead atoms. The van der Waals surface area contributed by atoms with E-state index in [1.165, 1.54) is 21.7 Å². The molecule has 9 aromatic rings. The minimum absolute atomic E-state index is 0.597. The van der Waals surface area contributed by atoms with Gasteiger partial charge in [-0.05, 0) is 59.3 Å². The predicted molar refractivity (Wildman–Crippen MR) is 179 cm³/mol. The highest BCUT2D eigenvalue weighted by molar-refractivity contribution is 6.14. The van der Waals surface area contributed by atoms with Crippen LogP contribution in [0.1, 0.15) is 0 Å². The average Bonchev–Trinajstić information content (AvgIpc) is 3.65. The van der Waals surface area contributed by atoms with Gasteiger partial charge in [0.05, 0.1) is 16.6 Å². The van der Waals surface area contributed by atoms with E-state index in [1.807, 2.05) is 60.7 Å². The van der Waals surface area contributed by atoms with Crippen molar-refractivity contribution in [3.8, 4) is 34.4 Å². The molecule has 0 amide bonds. The van der Waals surface area contributed by atoms with Crippen LogP contribution in [0.4, 0.5) is 0 Å². The molecule has 206 valence electrons. The zero-order valence-corrected chi connectivity index (χ0v) is 23.7. The minimum atomic E-state index is 0.597. The lowest BCUT2D eigenvalue weighted by atomic mass is 10.0. The first-order valence-electron chi connectivity index (χ1n) is 14.7. The summed E-state index contributed by atoms with van der Waals surface area (Å²) in [6, 6.07) is 50.6. The molecule has 0 saturated heterocycles. The molecule has 3 heterocycles. The Kier molecular flexibility index (Phi) is 5.43. The van der Waals surface area contributed by atoms with Gasteiger partial charge >= 0.3 is 0 Å². The molecule has 3 aromatic heterocycles. The van der Waals surface area contributed by atoms with Crippen molar-refractivity contribution in [2.24, 2.45) is 0 Å². The number of para-hydroxylation sites is 2. The molecule has 9 rings (SSSR count). The smallest absolute Gasteiger partial charge is 0.238 e. The molecular formula is C39H25N5. The first-order chi connectivity index (χ1) is 21.8. The number of hydrogen-bond donors (Lipinski definition) is 0. The second kappa shape index (κ2) is 9.75. The van der Waals surface area contributed by atoms with Crippen LogP contribution in [0.3, 0.4) is 0 Å². The molecule has 0 spiro atoms. The molecule has 0 unspecified atom stereocenters. The Morgan fingerprint density at radius 1 is 0.409 bits per heavy atom. The fraction of sp³-hybridized carbons (Fsp3) is 0. The van der Waals surface area contributed by atoms with E-state index in [0.29, 0.717) is 17.6 Å². The Bertz CT molecular complexity index is 2420. The predicted octanol–water partition coefficient (Wildman–Crippen LogP) is 9.40. The van der Waals surface area contributed by atoms with Gasteiger partial charge in [-0.2, -0.15) is 9.97 Å². The molecule has 6 aromatic carbocycles. The van der Waals surface area contributed by atoms with Gasteiger partial charge in [0.2, 0.25) is 5.95 Å². The molecule has 0 aliphatic rings. The third-order valence-corrected chi connectivity index (χ3v) is 8.36. The fourth-order valence-corrected chi connectivity index (χ4v) is 6.27. The summed E-state index contributed by atoms with van der Waals surface area (Å²) in [5, 5.41) is 5.87. The van der Waals surface area contributed by atoms with Gasteiger partial charge in [0.25, 0.3) is 0 Å². The second-order valence-corrected chi connectivity index (χ2v) is 11.0. The van der Waals surface area contributed by atoms with E-state index in [9.17, 15) is 0 Å². The van der Waals surface area contributed by atoms with Gasteiger partial charge < -0.3 is 4.57 Å². The zero-order chi connectivity index (χ0) is 29.0. The minimum Gasteiger partial charge on any atom is -0.317 e. The zero-order valence-electron chi connectivity index (χ0n) is 23.7. The van der Waals surface area contributed by atoms with Gasteiger partial charge in [0.15, 0.2) is 11.6 Å². The lowest BCUT2D eigenvalue weighted by Crippen LogP contribution is -2.06. The van der Waals surface area contributed by atoms with E-state index in [0.717, 1.165) is 38.6 Å². The highest BCUT2D eigenvalue weighted by atomic mass is 15.2. The largest absolute Gasteiger partial charge is 0.317 e. The third kappa shape index (κ3) is 3.91. The summed E-state index contributed by atoms with van der Waals surface area (Å²) in [6.45, 7) is 0. The Morgan fingerprint density at radius 3 is 1.70 bits per heavy atom. The highest BCUT2D eigenvalue weighted by Crippen LogP contribution is 2.36. The summed E-state index contributed by atoms with van der Waals surface area (Å²) < 4.78 is 4.44. The molecule has 0 atom stereocenters. The maximum absolute atomic E-state index is 5.08. The molecule has 0 N–H and O–H groups in total. The van der Waals surface area contributed by atoms with Crippen LogP contribution in [-0.4, -0.2) is 24.1 Å². The maximum Gasteiger partial charge on any atom is 0.238 e. The van der Waals surface area contributed by atoms with E-state index in [-0.39, 0.29) is 0 Å². The van der Waals surface area contributed by atoms with E-state index < -0.39 is 0 Å². The molecular weight excluding hydrogens is 538 g/mol. The van der Waals surface area contributed by atoms with Crippen LogP contribution >= 0.6 is 0 Å². The monoisotopic (exact) mass is 563 g/mol. The summed E-state index contributed by atoms with van der Waals surface area (Å²) in [5.41, 5.74) is 6.35. The van der Waals surface area contributed by atoms with Crippen LogP contribution < -0.4 is 0 Å². The quantitative estimate of drug-likeness (QED) is 0.214. The molecule has 0 radical (unpaired) electrons. The normalized spacial score (nSPS) is 11.6. The van der Waals surface area contributed by atoms with Gasteiger partial charge in [0.1, 0.15) is 0 Å². The number of nitrogens with zero attached hydrogens (tertiary/aromatic N) is 5. The van der Waals surface area contributed by atoms with Crippen LogP contribution in [-0.2, 0) is 0 Å². The van der Waals surface area contributed by atoms with Crippen LogP contribution in [0.15, 0.2) is 152 Å². The number of rotatable bonds is 4. The van der Waals surface area contributed by atoms with Crippen LogP contribution in [0, 0.1) is 0 Å². The molecule has 0 aliphatic heterocycles. The summed E-state index contributed by atoms with van der Waals surface area (Å²) in [6.07, 6.45) is 2.15. The van der Waals surface area contributed by atoms with Crippen molar-refractivity contribution in [2.45, 2.75) is 0 Å². The summed E-state index contributed by atoms with van der Waals surface area (Å²) in [7, 11) is 0. The number of hydrogen-bond acceptors (Lipinski definition) is 3.